The number of nitrogens with zero attached hydrogens (tertiary/aromatic N) is 2. The van der Waals surface area contributed by atoms with Gasteiger partial charge in [-0.3, -0.25) is 0 Å². The predicted molar refractivity (Wildman–Crippen MR) is 84.2 cm³/mol. The Balaban J connectivity index is 2.09. The minimum atomic E-state index is -0.0409. The van der Waals surface area contributed by atoms with Crippen LogP contribution in [0.2, 0.25) is 0 Å². The van der Waals surface area contributed by atoms with Crippen LogP contribution in [0.15, 0.2) is 18.2 Å². The monoisotopic (exact) mass is 294 g/mol. The van der Waals surface area contributed by atoms with E-state index in [1.165, 1.54) is 29.0 Å². The van der Waals surface area contributed by atoms with Crippen LogP contribution in [-0.2, 0) is 6.54 Å². The second kappa shape index (κ2) is 5.37. The number of alkyl halides is 1. The molecule has 0 N–H and O–H groups in total. The molecule has 2 nitrogen and oxygen atoms in total. The van der Waals surface area contributed by atoms with Crippen LogP contribution in [0.3, 0.4) is 0 Å². The van der Waals surface area contributed by atoms with Gasteiger partial charge in [-0.1, -0.05) is 12.1 Å². The van der Waals surface area contributed by atoms with Crippen LogP contribution < -0.4 is 0 Å². The van der Waals surface area contributed by atoms with E-state index >= 15 is 0 Å². The van der Waals surface area contributed by atoms with Crippen molar-refractivity contribution in [2.75, 3.05) is 11.5 Å². The second-order valence-corrected chi connectivity index (χ2v) is 7.17. The molecule has 19 heavy (non-hydrogen) atoms. The quantitative estimate of drug-likeness (QED) is 0.781. The van der Waals surface area contributed by atoms with Gasteiger partial charge in [-0.2, -0.15) is 11.8 Å². The minimum Gasteiger partial charge on any atom is -0.326 e. The Labute approximate surface area is 123 Å². The third kappa shape index (κ3) is 2.50. The van der Waals surface area contributed by atoms with E-state index in [0.29, 0.717) is 0 Å². The van der Waals surface area contributed by atoms with Crippen molar-refractivity contribution in [1.29, 1.82) is 0 Å². The first-order valence-corrected chi connectivity index (χ1v) is 8.43. The SMILES string of the molecule is Cc1cccc2nc(C(C)Cl)n(CC3CCSC3)c12. The molecule has 0 saturated carbocycles. The van der Waals surface area contributed by atoms with Crippen molar-refractivity contribution in [3.8, 4) is 0 Å². The van der Waals surface area contributed by atoms with Gasteiger partial charge >= 0.3 is 0 Å². The van der Waals surface area contributed by atoms with Crippen LogP contribution in [0.5, 0.6) is 0 Å². The highest BCUT2D eigenvalue weighted by molar-refractivity contribution is 7.99. The fraction of sp³-hybridized carbons (Fsp3) is 0.533. The zero-order chi connectivity index (χ0) is 13.4. The Morgan fingerprint density at radius 3 is 3.05 bits per heavy atom. The van der Waals surface area contributed by atoms with Gasteiger partial charge in [-0.05, 0) is 49.3 Å². The summed E-state index contributed by atoms with van der Waals surface area (Å²) >= 11 is 8.39. The normalized spacial score (nSPS) is 21.1. The molecular weight excluding hydrogens is 276 g/mol. The van der Waals surface area contributed by atoms with E-state index in [9.17, 15) is 0 Å². The summed E-state index contributed by atoms with van der Waals surface area (Å²) in [5, 5.41) is -0.0409. The van der Waals surface area contributed by atoms with Crippen LogP contribution in [0, 0.1) is 12.8 Å². The highest BCUT2D eigenvalue weighted by Gasteiger charge is 2.21. The zero-order valence-corrected chi connectivity index (χ0v) is 13.0. The summed E-state index contributed by atoms with van der Waals surface area (Å²) in [6.45, 7) is 5.23. The van der Waals surface area contributed by atoms with Crippen molar-refractivity contribution in [2.24, 2.45) is 5.92 Å². The number of halogens is 1. The van der Waals surface area contributed by atoms with Crippen molar-refractivity contribution >= 4 is 34.4 Å². The lowest BCUT2D eigenvalue weighted by Gasteiger charge is -2.15. The van der Waals surface area contributed by atoms with E-state index in [2.05, 4.69) is 41.5 Å². The number of imidazole rings is 1. The predicted octanol–water partition coefficient (Wildman–Crippen LogP) is 4.40. The zero-order valence-electron chi connectivity index (χ0n) is 11.4. The smallest absolute Gasteiger partial charge is 0.127 e. The number of aryl methyl sites for hydroxylation is 1. The van der Waals surface area contributed by atoms with E-state index < -0.39 is 0 Å². The molecule has 1 aliphatic heterocycles. The van der Waals surface area contributed by atoms with Gasteiger partial charge in [-0.15, -0.1) is 11.6 Å². The van der Waals surface area contributed by atoms with E-state index in [0.717, 1.165) is 23.8 Å². The van der Waals surface area contributed by atoms with Crippen molar-refractivity contribution in [3.05, 3.63) is 29.6 Å². The van der Waals surface area contributed by atoms with Gasteiger partial charge in [0.25, 0.3) is 0 Å². The molecule has 1 fully saturated rings. The maximum absolute atomic E-state index is 6.33. The maximum Gasteiger partial charge on any atom is 0.127 e. The van der Waals surface area contributed by atoms with Crippen molar-refractivity contribution in [3.63, 3.8) is 0 Å². The van der Waals surface area contributed by atoms with Gasteiger partial charge < -0.3 is 4.57 Å². The highest BCUT2D eigenvalue weighted by atomic mass is 35.5. The molecule has 2 heterocycles. The van der Waals surface area contributed by atoms with Gasteiger partial charge in [0, 0.05) is 6.54 Å². The standard InChI is InChI=1S/C15H19ClN2S/c1-10-4-3-5-13-14(10)18(15(17-13)11(2)16)8-12-6-7-19-9-12/h3-5,11-12H,6-9H2,1-2H3. The molecule has 1 saturated heterocycles. The van der Waals surface area contributed by atoms with Gasteiger partial charge in [0.05, 0.1) is 16.4 Å². The molecule has 2 atom stereocenters. The van der Waals surface area contributed by atoms with Crippen molar-refractivity contribution in [1.82, 2.24) is 9.55 Å². The molecule has 1 aliphatic rings. The van der Waals surface area contributed by atoms with Crippen molar-refractivity contribution < 1.29 is 0 Å². The molecule has 3 rings (SSSR count). The molecule has 4 heteroatoms. The molecule has 1 aromatic heterocycles. The van der Waals surface area contributed by atoms with Crippen LogP contribution in [-0.4, -0.2) is 21.1 Å². The summed E-state index contributed by atoms with van der Waals surface area (Å²) in [7, 11) is 0. The molecule has 2 aromatic rings. The first-order chi connectivity index (χ1) is 9.16. The van der Waals surface area contributed by atoms with Crippen LogP contribution in [0.25, 0.3) is 11.0 Å². The maximum atomic E-state index is 6.33. The second-order valence-electron chi connectivity index (χ2n) is 5.37. The molecule has 0 aliphatic carbocycles. The Bertz CT molecular complexity index is 585. The molecule has 2 unspecified atom stereocenters. The van der Waals surface area contributed by atoms with Gasteiger partial charge in [0.2, 0.25) is 0 Å². The summed E-state index contributed by atoms with van der Waals surface area (Å²) < 4.78 is 2.36. The largest absolute Gasteiger partial charge is 0.326 e. The van der Waals surface area contributed by atoms with Gasteiger partial charge in [0.1, 0.15) is 5.82 Å². The number of aromatic nitrogens is 2. The summed E-state index contributed by atoms with van der Waals surface area (Å²) in [5.74, 6) is 4.34. The Morgan fingerprint density at radius 1 is 1.53 bits per heavy atom. The third-order valence-corrected chi connectivity index (χ3v) is 5.25. The summed E-state index contributed by atoms with van der Waals surface area (Å²) in [6, 6.07) is 6.32. The van der Waals surface area contributed by atoms with E-state index in [1.54, 1.807) is 0 Å². The summed E-state index contributed by atoms with van der Waals surface area (Å²) in [6.07, 6.45) is 1.31. The van der Waals surface area contributed by atoms with Gasteiger partial charge in [0.15, 0.2) is 0 Å². The summed E-state index contributed by atoms with van der Waals surface area (Å²) in [5.41, 5.74) is 3.63. The number of thioether (sulfide) groups is 1. The molecule has 1 aromatic carbocycles. The number of para-hydroxylation sites is 1. The molecule has 102 valence electrons. The van der Waals surface area contributed by atoms with Gasteiger partial charge in [-0.25, -0.2) is 4.98 Å². The van der Waals surface area contributed by atoms with E-state index in [-0.39, 0.29) is 5.38 Å². The fourth-order valence-corrected chi connectivity index (χ4v) is 4.30. The summed E-state index contributed by atoms with van der Waals surface area (Å²) in [4.78, 5) is 4.74. The molecule has 0 spiro atoms. The lowest BCUT2D eigenvalue weighted by atomic mass is 10.1. The van der Waals surface area contributed by atoms with Crippen LogP contribution >= 0.6 is 23.4 Å². The van der Waals surface area contributed by atoms with Crippen LogP contribution in [0.4, 0.5) is 0 Å². The van der Waals surface area contributed by atoms with Crippen molar-refractivity contribution in [2.45, 2.75) is 32.2 Å². The average Bonchev–Trinajstić information content (AvgIpc) is 2.98. The molecular formula is C15H19ClN2S. The molecule has 0 amide bonds. The Kier molecular flexibility index (Phi) is 3.77. The minimum absolute atomic E-state index is 0.0409. The highest BCUT2D eigenvalue weighted by Crippen LogP contribution is 2.31. The first-order valence-electron chi connectivity index (χ1n) is 6.84. The Morgan fingerprint density at radius 2 is 2.37 bits per heavy atom. The third-order valence-electron chi connectivity index (χ3n) is 3.82. The molecule has 0 bridgehead atoms. The number of benzene rings is 1. The topological polar surface area (TPSA) is 17.8 Å². The first kappa shape index (κ1) is 13.3. The van der Waals surface area contributed by atoms with E-state index in [1.807, 2.05) is 6.92 Å². The molecule has 0 radical (unpaired) electrons. The number of fused-ring (bicyclic) bond motifs is 1. The lowest BCUT2D eigenvalue weighted by molar-refractivity contribution is 0.488. The number of hydrogen-bond acceptors (Lipinski definition) is 2. The average molecular weight is 295 g/mol. The van der Waals surface area contributed by atoms with E-state index in [4.69, 9.17) is 16.6 Å². The lowest BCUT2D eigenvalue weighted by Crippen LogP contribution is -2.13. The van der Waals surface area contributed by atoms with Crippen LogP contribution in [0.1, 0.15) is 30.1 Å². The fourth-order valence-electron chi connectivity index (χ4n) is 2.86. The Hall–Kier alpha value is -0.670. The number of hydrogen-bond donors (Lipinski definition) is 0. The number of rotatable bonds is 3.